The summed E-state index contributed by atoms with van der Waals surface area (Å²) in [6.45, 7) is 0. The van der Waals surface area contributed by atoms with Crippen molar-refractivity contribution >= 4 is 35.0 Å². The van der Waals surface area contributed by atoms with Crippen molar-refractivity contribution in [1.82, 2.24) is 4.98 Å². The Labute approximate surface area is 218 Å². The zero-order chi connectivity index (χ0) is 24.7. The van der Waals surface area contributed by atoms with Gasteiger partial charge in [0.15, 0.2) is 5.76 Å². The molecule has 7 heteroatoms. The highest BCUT2D eigenvalue weighted by atomic mass is 35.5. The number of rotatable bonds is 8. The minimum absolute atomic E-state index is 0.159. The predicted molar refractivity (Wildman–Crippen MR) is 145 cm³/mol. The van der Waals surface area contributed by atoms with E-state index >= 15 is 0 Å². The van der Waals surface area contributed by atoms with Crippen molar-refractivity contribution in [2.75, 3.05) is 11.1 Å². The van der Waals surface area contributed by atoms with Crippen molar-refractivity contribution in [3.05, 3.63) is 114 Å². The quantitative estimate of drug-likeness (QED) is 0.212. The Bertz CT molecular complexity index is 1380. The van der Waals surface area contributed by atoms with Crippen LogP contribution in [0, 0.1) is 0 Å². The van der Waals surface area contributed by atoms with Crippen LogP contribution in [0.3, 0.4) is 0 Å². The number of amides is 1. The van der Waals surface area contributed by atoms with E-state index in [1.165, 1.54) is 11.8 Å². The number of ether oxygens (including phenoxy) is 1. The number of carbonyl (C=O) groups excluding carboxylic acids is 1. The van der Waals surface area contributed by atoms with Crippen molar-refractivity contribution < 1.29 is 13.9 Å². The van der Waals surface area contributed by atoms with Crippen LogP contribution in [0.2, 0.25) is 5.02 Å². The van der Waals surface area contributed by atoms with E-state index in [-0.39, 0.29) is 11.7 Å². The molecule has 0 radical (unpaired) electrons. The van der Waals surface area contributed by atoms with Crippen LogP contribution in [0.5, 0.6) is 11.5 Å². The van der Waals surface area contributed by atoms with Crippen LogP contribution in [-0.2, 0) is 4.79 Å². The highest BCUT2D eigenvalue weighted by Crippen LogP contribution is 2.35. The number of nitrogens with one attached hydrogen (secondary N) is 1. The van der Waals surface area contributed by atoms with Gasteiger partial charge in [0.25, 0.3) is 5.22 Å². The van der Waals surface area contributed by atoms with Gasteiger partial charge in [0.1, 0.15) is 17.2 Å². The van der Waals surface area contributed by atoms with E-state index in [1.54, 1.807) is 48.5 Å². The van der Waals surface area contributed by atoms with Crippen LogP contribution in [0.1, 0.15) is 0 Å². The van der Waals surface area contributed by atoms with Crippen LogP contribution < -0.4 is 10.1 Å². The fourth-order valence-electron chi connectivity index (χ4n) is 3.51. The average Bonchev–Trinajstić information content (AvgIpc) is 3.35. The van der Waals surface area contributed by atoms with Gasteiger partial charge in [0.05, 0.1) is 5.75 Å². The lowest BCUT2D eigenvalue weighted by molar-refractivity contribution is -0.113. The van der Waals surface area contributed by atoms with Crippen molar-refractivity contribution in [2.45, 2.75) is 5.22 Å². The van der Waals surface area contributed by atoms with Gasteiger partial charge in [-0.05, 0) is 48.5 Å². The Kier molecular flexibility index (Phi) is 7.36. The largest absolute Gasteiger partial charge is 0.457 e. The van der Waals surface area contributed by atoms with Gasteiger partial charge in [0.2, 0.25) is 5.91 Å². The van der Waals surface area contributed by atoms with Gasteiger partial charge in [-0.15, -0.1) is 0 Å². The molecular weight excluding hydrogens is 492 g/mol. The number of thioether (sulfide) groups is 1. The lowest BCUT2D eigenvalue weighted by Crippen LogP contribution is -2.13. The summed E-state index contributed by atoms with van der Waals surface area (Å²) in [4.78, 5) is 17.3. The molecule has 178 valence electrons. The standard InChI is InChI=1S/C29H21ClN2O3S/c30-22-11-15-24(16-12-22)34-25-17-13-23(14-18-25)31-26(33)19-36-29-32-27(20-7-3-1-4-8-20)28(35-29)21-9-5-2-6-10-21/h1-18H,19H2,(H,31,33). The van der Waals surface area contributed by atoms with E-state index in [0.29, 0.717) is 33.2 Å². The van der Waals surface area contributed by atoms with Gasteiger partial charge in [-0.2, -0.15) is 0 Å². The van der Waals surface area contributed by atoms with Crippen LogP contribution >= 0.6 is 23.4 Å². The maximum absolute atomic E-state index is 12.6. The zero-order valence-corrected chi connectivity index (χ0v) is 20.6. The summed E-state index contributed by atoms with van der Waals surface area (Å²) in [5, 5.41) is 3.98. The van der Waals surface area contributed by atoms with Crippen LogP contribution in [0.4, 0.5) is 5.69 Å². The number of aromatic nitrogens is 1. The van der Waals surface area contributed by atoms with Gasteiger partial charge < -0.3 is 14.5 Å². The molecule has 5 rings (SSSR count). The number of benzene rings is 4. The SMILES string of the molecule is O=C(CSc1nc(-c2ccccc2)c(-c2ccccc2)o1)Nc1ccc(Oc2ccc(Cl)cc2)cc1. The van der Waals surface area contributed by atoms with Gasteiger partial charge in [-0.1, -0.05) is 84.0 Å². The molecule has 4 aromatic carbocycles. The molecule has 0 aliphatic rings. The Balaban J connectivity index is 1.23. The van der Waals surface area contributed by atoms with Crippen molar-refractivity contribution in [1.29, 1.82) is 0 Å². The average molecular weight is 513 g/mol. The van der Waals surface area contributed by atoms with Gasteiger partial charge in [-0.25, -0.2) is 4.98 Å². The summed E-state index contributed by atoms with van der Waals surface area (Å²) >= 11 is 7.16. The highest BCUT2D eigenvalue weighted by molar-refractivity contribution is 7.99. The fraction of sp³-hybridized carbons (Fsp3) is 0.0345. The maximum Gasteiger partial charge on any atom is 0.257 e. The summed E-state index contributed by atoms with van der Waals surface area (Å²) < 4.78 is 11.9. The van der Waals surface area contributed by atoms with E-state index in [4.69, 9.17) is 20.8 Å². The monoisotopic (exact) mass is 512 g/mol. The third-order valence-corrected chi connectivity index (χ3v) is 6.28. The molecule has 1 heterocycles. The minimum Gasteiger partial charge on any atom is -0.457 e. The third-order valence-electron chi connectivity index (χ3n) is 5.20. The number of oxazole rings is 1. The molecule has 1 N–H and O–H groups in total. The lowest BCUT2D eigenvalue weighted by atomic mass is 10.1. The maximum atomic E-state index is 12.6. The molecular formula is C29H21ClN2O3S. The summed E-state index contributed by atoms with van der Waals surface area (Å²) in [5.74, 6) is 2.02. The number of hydrogen-bond donors (Lipinski definition) is 1. The molecule has 0 fully saturated rings. The van der Waals surface area contributed by atoms with E-state index < -0.39 is 0 Å². The molecule has 0 saturated heterocycles. The van der Waals surface area contributed by atoms with E-state index in [0.717, 1.165) is 16.8 Å². The second-order valence-corrected chi connectivity index (χ2v) is 9.17. The van der Waals surface area contributed by atoms with Gasteiger partial charge in [-0.3, -0.25) is 4.79 Å². The molecule has 0 atom stereocenters. The summed E-state index contributed by atoms with van der Waals surface area (Å²) in [6.07, 6.45) is 0. The fourth-order valence-corrected chi connectivity index (χ4v) is 4.26. The first kappa shape index (κ1) is 23.7. The number of nitrogens with zero attached hydrogens (tertiary/aromatic N) is 1. The van der Waals surface area contributed by atoms with Crippen molar-refractivity contribution in [3.8, 4) is 34.1 Å². The first-order valence-electron chi connectivity index (χ1n) is 11.2. The Morgan fingerprint density at radius 1 is 0.806 bits per heavy atom. The van der Waals surface area contributed by atoms with E-state index in [2.05, 4.69) is 10.3 Å². The van der Waals surface area contributed by atoms with Gasteiger partial charge >= 0.3 is 0 Å². The number of anilines is 1. The van der Waals surface area contributed by atoms with Crippen LogP contribution in [-0.4, -0.2) is 16.6 Å². The molecule has 0 aliphatic heterocycles. The Morgan fingerprint density at radius 2 is 1.39 bits per heavy atom. The van der Waals surface area contributed by atoms with E-state index in [9.17, 15) is 4.79 Å². The summed E-state index contributed by atoms with van der Waals surface area (Å²) in [7, 11) is 0. The molecule has 5 aromatic rings. The molecule has 0 bridgehead atoms. The van der Waals surface area contributed by atoms with E-state index in [1.807, 2.05) is 60.7 Å². The Morgan fingerprint density at radius 3 is 2.03 bits per heavy atom. The first-order valence-corrected chi connectivity index (χ1v) is 12.6. The smallest absolute Gasteiger partial charge is 0.257 e. The molecule has 0 saturated carbocycles. The van der Waals surface area contributed by atoms with Crippen molar-refractivity contribution in [2.24, 2.45) is 0 Å². The summed E-state index contributed by atoms with van der Waals surface area (Å²) in [6, 6.07) is 34.0. The Hall–Kier alpha value is -4.00. The molecule has 1 aromatic heterocycles. The van der Waals surface area contributed by atoms with Crippen molar-refractivity contribution in [3.63, 3.8) is 0 Å². The lowest BCUT2D eigenvalue weighted by Gasteiger charge is -2.08. The molecule has 1 amide bonds. The first-order chi connectivity index (χ1) is 17.6. The topological polar surface area (TPSA) is 64.4 Å². The number of carbonyl (C=O) groups is 1. The minimum atomic E-state index is -0.160. The van der Waals surface area contributed by atoms with Crippen LogP contribution in [0.25, 0.3) is 22.6 Å². The molecule has 36 heavy (non-hydrogen) atoms. The number of halogens is 1. The van der Waals surface area contributed by atoms with Gasteiger partial charge in [0, 0.05) is 21.8 Å². The second kappa shape index (κ2) is 11.2. The second-order valence-electron chi connectivity index (χ2n) is 7.81. The third kappa shape index (κ3) is 5.97. The zero-order valence-electron chi connectivity index (χ0n) is 19.1. The number of hydrogen-bond acceptors (Lipinski definition) is 5. The predicted octanol–water partition coefficient (Wildman–Crippen LogP) is 8.19. The molecule has 0 spiro atoms. The molecule has 0 aliphatic carbocycles. The molecule has 5 nitrogen and oxygen atoms in total. The van der Waals surface area contributed by atoms with Crippen LogP contribution in [0.15, 0.2) is 119 Å². The molecule has 0 unspecified atom stereocenters. The normalized spacial score (nSPS) is 10.7. The summed E-state index contributed by atoms with van der Waals surface area (Å²) in [5.41, 5.74) is 3.31. The highest BCUT2D eigenvalue weighted by Gasteiger charge is 2.18.